The molecule has 0 aliphatic heterocycles. The Morgan fingerprint density at radius 3 is 1.33 bits per heavy atom. The van der Waals surface area contributed by atoms with E-state index in [1.807, 2.05) is 0 Å². The topological polar surface area (TPSA) is 18.5 Å². The standard InChI is InChI=1S/C10H20O2/c1-9(2,3)8(12-11-7)10(4,5)6/h7H2,1-6H3. The van der Waals surface area contributed by atoms with Crippen LogP contribution in [0.15, 0.2) is 0 Å². The van der Waals surface area contributed by atoms with Crippen LogP contribution in [0.4, 0.5) is 0 Å². The lowest BCUT2D eigenvalue weighted by molar-refractivity contribution is -0.277. The molecule has 0 aromatic carbocycles. The van der Waals surface area contributed by atoms with Crippen molar-refractivity contribution in [3.05, 3.63) is 13.2 Å². The van der Waals surface area contributed by atoms with E-state index in [2.05, 4.69) is 53.5 Å². The van der Waals surface area contributed by atoms with Gasteiger partial charge in [0.05, 0.1) is 0 Å². The molecule has 0 aliphatic carbocycles. The lowest BCUT2D eigenvalue weighted by Gasteiger charge is -2.37. The maximum Gasteiger partial charge on any atom is 0.146 e. The van der Waals surface area contributed by atoms with Gasteiger partial charge in [0.1, 0.15) is 13.2 Å². The summed E-state index contributed by atoms with van der Waals surface area (Å²) in [5.41, 5.74) is -0.0358. The third kappa shape index (κ3) is 3.55. The molecule has 2 heteroatoms. The molecule has 0 heterocycles. The van der Waals surface area contributed by atoms with Gasteiger partial charge in [-0.1, -0.05) is 41.5 Å². The summed E-state index contributed by atoms with van der Waals surface area (Å²) in [5.74, 6) is 0. The maximum absolute atomic E-state index is 5.08. The predicted molar refractivity (Wildman–Crippen MR) is 49.7 cm³/mol. The quantitative estimate of drug-likeness (QED) is 0.469. The number of rotatable bonds is 2. The van der Waals surface area contributed by atoms with Crippen LogP contribution in [0.5, 0.6) is 0 Å². The van der Waals surface area contributed by atoms with Crippen molar-refractivity contribution in [2.75, 3.05) is 0 Å². The summed E-state index contributed by atoms with van der Waals surface area (Å²) >= 11 is 0. The van der Waals surface area contributed by atoms with Gasteiger partial charge >= 0.3 is 0 Å². The highest BCUT2D eigenvalue weighted by atomic mass is 17.2. The van der Waals surface area contributed by atoms with Crippen LogP contribution in [0.2, 0.25) is 0 Å². The van der Waals surface area contributed by atoms with E-state index < -0.39 is 0 Å². The van der Waals surface area contributed by atoms with Crippen molar-refractivity contribution in [2.45, 2.75) is 41.5 Å². The summed E-state index contributed by atoms with van der Waals surface area (Å²) in [6, 6.07) is 0. The second kappa shape index (κ2) is 3.75. The first-order valence-corrected chi connectivity index (χ1v) is 4.16. The smallest absolute Gasteiger partial charge is 0.146 e. The third-order valence-corrected chi connectivity index (χ3v) is 1.50. The van der Waals surface area contributed by atoms with E-state index in [1.54, 1.807) is 0 Å². The van der Waals surface area contributed by atoms with Gasteiger partial charge in [-0.3, -0.25) is 0 Å². The fourth-order valence-electron chi connectivity index (χ4n) is 1.43. The van der Waals surface area contributed by atoms with Gasteiger partial charge in [-0.2, -0.15) is 0 Å². The molecular formula is C10H20O2. The zero-order chi connectivity index (χ0) is 9.99. The Kier molecular flexibility index (Phi) is 3.73. The molecule has 0 amide bonds. The zero-order valence-electron chi connectivity index (χ0n) is 9.02. The van der Waals surface area contributed by atoms with Crippen molar-refractivity contribution < 1.29 is 9.78 Å². The molecule has 0 atom stereocenters. The third-order valence-electron chi connectivity index (χ3n) is 1.50. The molecule has 0 bridgehead atoms. The summed E-state index contributed by atoms with van der Waals surface area (Å²) in [5, 5.41) is 0. The monoisotopic (exact) mass is 172 g/mol. The normalized spacial score (nSPS) is 14.0. The predicted octanol–water partition coefficient (Wildman–Crippen LogP) is 3.35. The van der Waals surface area contributed by atoms with Gasteiger partial charge in [-0.05, 0) is 10.8 Å². The minimum absolute atomic E-state index is 0.0179. The maximum atomic E-state index is 5.08. The lowest BCUT2D eigenvalue weighted by atomic mass is 9.74. The molecule has 72 valence electrons. The summed E-state index contributed by atoms with van der Waals surface area (Å²) in [4.78, 5) is 9.55. The highest BCUT2D eigenvalue weighted by Gasteiger charge is 2.38. The van der Waals surface area contributed by atoms with Crippen LogP contribution in [-0.4, -0.2) is 0 Å². The van der Waals surface area contributed by atoms with Crippen LogP contribution in [0.3, 0.4) is 0 Å². The van der Waals surface area contributed by atoms with Crippen LogP contribution in [0.25, 0.3) is 0 Å². The van der Waals surface area contributed by atoms with E-state index in [4.69, 9.17) is 4.89 Å². The fraction of sp³-hybridized carbons (Fsp3) is 0.800. The van der Waals surface area contributed by atoms with Crippen molar-refractivity contribution in [3.63, 3.8) is 0 Å². The molecule has 0 rings (SSSR count). The molecule has 12 heavy (non-hydrogen) atoms. The molecular weight excluding hydrogens is 152 g/mol. The van der Waals surface area contributed by atoms with Crippen molar-refractivity contribution in [1.82, 2.24) is 0 Å². The van der Waals surface area contributed by atoms with Crippen LogP contribution in [-0.2, 0) is 9.78 Å². The molecule has 0 unspecified atom stereocenters. The molecule has 0 aromatic rings. The van der Waals surface area contributed by atoms with Gasteiger partial charge in [0.15, 0.2) is 0 Å². The van der Waals surface area contributed by atoms with E-state index in [0.717, 1.165) is 6.10 Å². The van der Waals surface area contributed by atoms with Gasteiger partial charge in [0, 0.05) is 0 Å². The first kappa shape index (κ1) is 11.9. The van der Waals surface area contributed by atoms with Gasteiger partial charge in [0.25, 0.3) is 0 Å². The summed E-state index contributed by atoms with van der Waals surface area (Å²) in [6.07, 6.45) is 0.907. The average Bonchev–Trinajstić information content (AvgIpc) is 1.77. The van der Waals surface area contributed by atoms with Crippen molar-refractivity contribution in [1.29, 1.82) is 0 Å². The molecule has 0 fully saturated rings. The van der Waals surface area contributed by atoms with Crippen LogP contribution in [0.1, 0.15) is 41.5 Å². The van der Waals surface area contributed by atoms with E-state index in [-0.39, 0.29) is 10.8 Å². The fourth-order valence-corrected chi connectivity index (χ4v) is 1.43. The Balaban J connectivity index is 4.45. The van der Waals surface area contributed by atoms with Crippen molar-refractivity contribution >= 4 is 0 Å². The van der Waals surface area contributed by atoms with Crippen LogP contribution in [0, 0.1) is 24.0 Å². The van der Waals surface area contributed by atoms with Crippen LogP contribution >= 0.6 is 0 Å². The Bertz CT molecular complexity index is 114. The van der Waals surface area contributed by atoms with E-state index in [0.29, 0.717) is 0 Å². The summed E-state index contributed by atoms with van der Waals surface area (Å²) < 4.78 is 0. The largest absolute Gasteiger partial charge is 0.233 e. The Morgan fingerprint density at radius 1 is 0.917 bits per heavy atom. The molecule has 0 saturated carbocycles. The Labute approximate surface area is 76.2 Å². The minimum atomic E-state index is -0.0179. The van der Waals surface area contributed by atoms with E-state index in [9.17, 15) is 0 Å². The second-order valence-corrected chi connectivity index (χ2v) is 5.03. The van der Waals surface area contributed by atoms with E-state index in [1.165, 1.54) is 0 Å². The summed E-state index contributed by atoms with van der Waals surface area (Å²) in [7, 11) is 3.21. The molecule has 0 spiro atoms. The Morgan fingerprint density at radius 2 is 1.25 bits per heavy atom. The average molecular weight is 172 g/mol. The van der Waals surface area contributed by atoms with Gasteiger partial charge < -0.3 is 0 Å². The minimum Gasteiger partial charge on any atom is -0.233 e. The second-order valence-electron chi connectivity index (χ2n) is 5.03. The molecule has 0 aromatic heterocycles. The lowest BCUT2D eigenvalue weighted by Crippen LogP contribution is -2.32. The van der Waals surface area contributed by atoms with Crippen LogP contribution < -0.4 is 0 Å². The number of hydrogen-bond donors (Lipinski definition) is 0. The number of hydrogen-bond acceptors (Lipinski definition) is 2. The Hall–Kier alpha value is -0.0800. The first-order chi connectivity index (χ1) is 5.19. The highest BCUT2D eigenvalue weighted by Crippen LogP contribution is 2.42. The SMILES string of the molecule is [CH2]OO[C](C(C)(C)C)C(C)(C)C. The highest BCUT2D eigenvalue weighted by molar-refractivity contribution is 5.00. The molecule has 2 radical (unpaired) electrons. The van der Waals surface area contributed by atoms with Crippen molar-refractivity contribution in [3.8, 4) is 0 Å². The van der Waals surface area contributed by atoms with Crippen molar-refractivity contribution in [2.24, 2.45) is 10.8 Å². The molecule has 2 nitrogen and oxygen atoms in total. The van der Waals surface area contributed by atoms with E-state index >= 15 is 0 Å². The summed E-state index contributed by atoms with van der Waals surface area (Å²) in [6.45, 7) is 12.5. The molecule has 0 N–H and O–H groups in total. The molecule has 0 saturated heterocycles. The zero-order valence-corrected chi connectivity index (χ0v) is 9.02. The molecule has 0 aliphatic rings. The van der Waals surface area contributed by atoms with Gasteiger partial charge in [0.2, 0.25) is 0 Å². The first-order valence-electron chi connectivity index (χ1n) is 4.16. The van der Waals surface area contributed by atoms with Gasteiger partial charge in [-0.25, -0.2) is 9.78 Å². The van der Waals surface area contributed by atoms with Gasteiger partial charge in [-0.15, -0.1) is 0 Å².